The van der Waals surface area contributed by atoms with Crippen LogP contribution >= 0.6 is 23.2 Å². The molecule has 0 saturated heterocycles. The Hall–Kier alpha value is -2.91. The fourth-order valence-corrected chi connectivity index (χ4v) is 2.82. The summed E-state index contributed by atoms with van der Waals surface area (Å²) in [6, 6.07) is 4.35. The molecule has 0 bridgehead atoms. The molecule has 11 heteroatoms. The molecule has 0 saturated carbocycles. The number of hydrogen-bond acceptors (Lipinski definition) is 4. The Morgan fingerprint density at radius 1 is 1.18 bits per heavy atom. The summed E-state index contributed by atoms with van der Waals surface area (Å²) in [6.45, 7) is 0.176. The average Bonchev–Trinajstić information content (AvgIpc) is 3.24. The van der Waals surface area contributed by atoms with E-state index in [2.05, 4.69) is 15.5 Å². The molecule has 0 radical (unpaired) electrons. The third-order valence-electron chi connectivity index (χ3n) is 3.78. The molecule has 2 aromatic heterocycles. The number of rotatable bonds is 7. The van der Waals surface area contributed by atoms with Crippen molar-refractivity contribution in [1.82, 2.24) is 19.6 Å². The number of aliphatic carboxylic acids is 1. The summed E-state index contributed by atoms with van der Waals surface area (Å²) >= 11 is 12.1. The average molecular weight is 426 g/mol. The normalized spacial score (nSPS) is 10.8. The Kier molecular flexibility index (Phi) is 5.96. The van der Waals surface area contributed by atoms with Crippen LogP contribution in [0.4, 0.5) is 10.2 Å². The van der Waals surface area contributed by atoms with Gasteiger partial charge in [0.1, 0.15) is 10.8 Å². The van der Waals surface area contributed by atoms with E-state index in [-0.39, 0.29) is 46.5 Å². The Morgan fingerprint density at radius 2 is 1.96 bits per heavy atom. The highest BCUT2D eigenvalue weighted by atomic mass is 35.5. The number of benzene rings is 1. The van der Waals surface area contributed by atoms with Crippen LogP contribution in [0.15, 0.2) is 36.8 Å². The summed E-state index contributed by atoms with van der Waals surface area (Å²) in [7, 11) is 0. The molecule has 28 heavy (non-hydrogen) atoms. The van der Waals surface area contributed by atoms with Gasteiger partial charge in [0.15, 0.2) is 5.82 Å². The van der Waals surface area contributed by atoms with E-state index in [1.807, 2.05) is 0 Å². The minimum atomic E-state index is -0.964. The van der Waals surface area contributed by atoms with Gasteiger partial charge in [-0.3, -0.25) is 19.0 Å². The van der Waals surface area contributed by atoms with E-state index < -0.39 is 17.7 Å². The van der Waals surface area contributed by atoms with E-state index in [1.165, 1.54) is 40.1 Å². The molecular formula is C17H14Cl2FN5O3. The molecule has 1 amide bonds. The summed E-state index contributed by atoms with van der Waals surface area (Å²) in [4.78, 5) is 22.9. The second kappa shape index (κ2) is 8.41. The molecule has 0 aliphatic rings. The molecule has 3 rings (SSSR count). The SMILES string of the molecule is O=C(O)CCn1cc(C(=O)Nc2nn(Cc3c(F)cccc3Cl)cc2Cl)cn1. The van der Waals surface area contributed by atoms with Gasteiger partial charge >= 0.3 is 5.97 Å². The van der Waals surface area contributed by atoms with E-state index in [0.717, 1.165) is 0 Å². The number of nitrogens with zero attached hydrogens (tertiary/aromatic N) is 4. The van der Waals surface area contributed by atoms with Crippen molar-refractivity contribution < 1.29 is 19.1 Å². The second-order valence-electron chi connectivity index (χ2n) is 5.81. The van der Waals surface area contributed by atoms with E-state index >= 15 is 0 Å². The van der Waals surface area contributed by atoms with Crippen LogP contribution < -0.4 is 5.32 Å². The summed E-state index contributed by atoms with van der Waals surface area (Å²) in [5, 5.41) is 19.7. The number of nitrogens with one attached hydrogen (secondary N) is 1. The van der Waals surface area contributed by atoms with Crippen molar-refractivity contribution in [2.24, 2.45) is 0 Å². The zero-order chi connectivity index (χ0) is 20.3. The Labute approximate surface area is 168 Å². The first-order chi connectivity index (χ1) is 13.3. The van der Waals surface area contributed by atoms with Crippen molar-refractivity contribution >= 4 is 40.9 Å². The van der Waals surface area contributed by atoms with Gasteiger partial charge in [-0.2, -0.15) is 10.2 Å². The number of hydrogen-bond donors (Lipinski definition) is 2. The van der Waals surface area contributed by atoms with Gasteiger partial charge in [-0.05, 0) is 12.1 Å². The lowest BCUT2D eigenvalue weighted by Crippen LogP contribution is -2.13. The van der Waals surface area contributed by atoms with Gasteiger partial charge in [0, 0.05) is 23.0 Å². The van der Waals surface area contributed by atoms with Crippen molar-refractivity contribution in [3.8, 4) is 0 Å². The lowest BCUT2D eigenvalue weighted by molar-refractivity contribution is -0.137. The Morgan fingerprint density at radius 3 is 2.68 bits per heavy atom. The molecular weight excluding hydrogens is 412 g/mol. The lowest BCUT2D eigenvalue weighted by atomic mass is 10.2. The van der Waals surface area contributed by atoms with Crippen LogP contribution in [0.3, 0.4) is 0 Å². The predicted octanol–water partition coefficient (Wildman–Crippen LogP) is 3.30. The van der Waals surface area contributed by atoms with Gasteiger partial charge in [0.05, 0.1) is 31.3 Å². The molecule has 2 heterocycles. The third kappa shape index (κ3) is 4.68. The minimum Gasteiger partial charge on any atom is -0.481 e. The molecule has 0 spiro atoms. The molecule has 0 atom stereocenters. The number of aryl methyl sites for hydroxylation is 1. The summed E-state index contributed by atoms with van der Waals surface area (Å²) in [5.41, 5.74) is 0.467. The van der Waals surface area contributed by atoms with Gasteiger partial charge in [-0.25, -0.2) is 4.39 Å². The Balaban J connectivity index is 1.70. The first-order valence-electron chi connectivity index (χ1n) is 8.05. The number of carbonyl (C=O) groups excluding carboxylic acids is 1. The van der Waals surface area contributed by atoms with E-state index in [1.54, 1.807) is 6.07 Å². The topological polar surface area (TPSA) is 102 Å². The Bertz CT molecular complexity index is 1010. The number of carbonyl (C=O) groups is 2. The van der Waals surface area contributed by atoms with Gasteiger partial charge in [-0.15, -0.1) is 0 Å². The fraction of sp³-hybridized carbons (Fsp3) is 0.176. The molecule has 0 aliphatic carbocycles. The first-order valence-corrected chi connectivity index (χ1v) is 8.80. The molecule has 0 aliphatic heterocycles. The fourth-order valence-electron chi connectivity index (χ4n) is 2.40. The standard InChI is InChI=1S/C17H14Cl2FN5O3/c18-12-2-1-3-14(20)11(12)8-25-9-13(19)16(23-25)22-17(28)10-6-21-24(7-10)5-4-15(26)27/h1-3,6-7,9H,4-5,8H2,(H,26,27)(H,22,23,28). The van der Waals surface area contributed by atoms with Crippen molar-refractivity contribution in [2.45, 2.75) is 19.5 Å². The lowest BCUT2D eigenvalue weighted by Gasteiger charge is -2.05. The molecule has 3 aromatic rings. The van der Waals surface area contributed by atoms with Crippen LogP contribution in [-0.2, 0) is 17.9 Å². The van der Waals surface area contributed by atoms with Gasteiger partial charge < -0.3 is 10.4 Å². The van der Waals surface area contributed by atoms with E-state index in [4.69, 9.17) is 28.3 Å². The highest BCUT2D eigenvalue weighted by Gasteiger charge is 2.16. The highest BCUT2D eigenvalue weighted by molar-refractivity contribution is 6.33. The number of anilines is 1. The second-order valence-corrected chi connectivity index (χ2v) is 6.63. The molecule has 146 valence electrons. The number of amides is 1. The van der Waals surface area contributed by atoms with Crippen molar-refractivity contribution in [2.75, 3.05) is 5.32 Å². The maximum atomic E-state index is 13.9. The maximum absolute atomic E-state index is 13.9. The molecule has 0 unspecified atom stereocenters. The smallest absolute Gasteiger partial charge is 0.305 e. The minimum absolute atomic E-state index is 0.0359. The van der Waals surface area contributed by atoms with Crippen LogP contribution in [0.5, 0.6) is 0 Å². The van der Waals surface area contributed by atoms with Crippen LogP contribution in [0, 0.1) is 5.82 Å². The van der Waals surface area contributed by atoms with Crippen LogP contribution in [0.25, 0.3) is 0 Å². The highest BCUT2D eigenvalue weighted by Crippen LogP contribution is 2.24. The summed E-state index contributed by atoms with van der Waals surface area (Å²) in [5.74, 6) is -1.86. The quantitative estimate of drug-likeness (QED) is 0.604. The summed E-state index contributed by atoms with van der Waals surface area (Å²) in [6.07, 6.45) is 4.05. The van der Waals surface area contributed by atoms with Crippen LogP contribution in [0.1, 0.15) is 22.3 Å². The molecule has 1 aromatic carbocycles. The van der Waals surface area contributed by atoms with Gasteiger partial charge in [0.2, 0.25) is 0 Å². The van der Waals surface area contributed by atoms with E-state index in [0.29, 0.717) is 0 Å². The number of carboxylic acid groups (broad SMARTS) is 1. The van der Waals surface area contributed by atoms with E-state index in [9.17, 15) is 14.0 Å². The monoisotopic (exact) mass is 425 g/mol. The van der Waals surface area contributed by atoms with Crippen LogP contribution in [0.2, 0.25) is 10.0 Å². The van der Waals surface area contributed by atoms with Gasteiger partial charge in [-0.1, -0.05) is 29.3 Å². The summed E-state index contributed by atoms with van der Waals surface area (Å²) < 4.78 is 16.6. The molecule has 0 fully saturated rings. The maximum Gasteiger partial charge on any atom is 0.305 e. The number of halogens is 3. The van der Waals surface area contributed by atoms with Gasteiger partial charge in [0.25, 0.3) is 5.91 Å². The predicted molar refractivity (Wildman–Crippen MR) is 100 cm³/mol. The third-order valence-corrected chi connectivity index (χ3v) is 4.41. The first kappa shape index (κ1) is 19.8. The molecule has 2 N–H and O–H groups in total. The number of carboxylic acids is 1. The molecule has 8 nitrogen and oxygen atoms in total. The van der Waals surface area contributed by atoms with Crippen molar-refractivity contribution in [3.63, 3.8) is 0 Å². The van der Waals surface area contributed by atoms with Crippen LogP contribution in [-0.4, -0.2) is 36.5 Å². The number of aromatic nitrogens is 4. The van der Waals surface area contributed by atoms with Crippen molar-refractivity contribution in [1.29, 1.82) is 0 Å². The van der Waals surface area contributed by atoms with Crippen molar-refractivity contribution in [3.05, 3.63) is 63.8 Å². The largest absolute Gasteiger partial charge is 0.481 e. The zero-order valence-corrected chi connectivity index (χ0v) is 15.8. The zero-order valence-electron chi connectivity index (χ0n) is 14.3.